The van der Waals surface area contributed by atoms with Crippen molar-refractivity contribution in [2.45, 2.75) is 25.8 Å². The maximum Gasteiger partial charge on any atom is 0.254 e. The zero-order chi connectivity index (χ0) is 11.0. The first-order valence-corrected chi connectivity index (χ1v) is 6.78. The molecule has 1 heterocycles. The van der Waals surface area contributed by atoms with Crippen molar-refractivity contribution in [2.75, 3.05) is 7.05 Å². The van der Waals surface area contributed by atoms with Crippen LogP contribution in [-0.4, -0.2) is 23.9 Å². The average molecular weight is 288 g/mol. The van der Waals surface area contributed by atoms with Crippen LogP contribution in [0.4, 0.5) is 0 Å². The topological polar surface area (TPSA) is 20.3 Å². The number of halogens is 1. The summed E-state index contributed by atoms with van der Waals surface area (Å²) in [7, 11) is 1.90. The Morgan fingerprint density at radius 1 is 1.67 bits per heavy atom. The van der Waals surface area contributed by atoms with Crippen molar-refractivity contribution in [2.24, 2.45) is 5.92 Å². The van der Waals surface area contributed by atoms with E-state index in [-0.39, 0.29) is 5.91 Å². The molecule has 1 atom stereocenters. The fourth-order valence-corrected chi connectivity index (χ4v) is 2.84. The van der Waals surface area contributed by atoms with Crippen molar-refractivity contribution in [1.29, 1.82) is 0 Å². The Balaban J connectivity index is 2.06. The fourth-order valence-electron chi connectivity index (χ4n) is 1.71. The molecular formula is C11H14BrNOS. The second kappa shape index (κ2) is 4.26. The minimum absolute atomic E-state index is 0.136. The fraction of sp³-hybridized carbons (Fsp3) is 0.545. The van der Waals surface area contributed by atoms with Crippen molar-refractivity contribution < 1.29 is 4.79 Å². The molecule has 4 heteroatoms. The van der Waals surface area contributed by atoms with E-state index in [1.807, 2.05) is 23.4 Å². The highest BCUT2D eigenvalue weighted by atomic mass is 79.9. The van der Waals surface area contributed by atoms with Gasteiger partial charge in [0.15, 0.2) is 0 Å². The molecule has 0 unspecified atom stereocenters. The standard InChI is InChI=1S/C11H14BrNOS/c1-7(8-3-4-8)13(2)11(14)9-5-10(12)15-6-9/h5-8H,3-4H2,1-2H3/t7-/m1/s1. The van der Waals surface area contributed by atoms with E-state index in [0.717, 1.165) is 15.3 Å². The van der Waals surface area contributed by atoms with Crippen LogP contribution in [0.2, 0.25) is 0 Å². The molecule has 2 nitrogen and oxygen atoms in total. The van der Waals surface area contributed by atoms with Gasteiger partial charge in [-0.05, 0) is 47.7 Å². The molecule has 1 aliphatic rings. The predicted molar refractivity (Wildman–Crippen MR) is 66.3 cm³/mol. The lowest BCUT2D eigenvalue weighted by Gasteiger charge is -2.24. The van der Waals surface area contributed by atoms with Crippen molar-refractivity contribution in [1.82, 2.24) is 4.90 Å². The lowest BCUT2D eigenvalue weighted by molar-refractivity contribution is 0.0728. The number of rotatable bonds is 3. The van der Waals surface area contributed by atoms with E-state index >= 15 is 0 Å². The highest BCUT2D eigenvalue weighted by Gasteiger charge is 2.32. The van der Waals surface area contributed by atoms with Gasteiger partial charge in [-0.25, -0.2) is 0 Å². The number of carbonyl (C=O) groups excluding carboxylic acids is 1. The molecule has 15 heavy (non-hydrogen) atoms. The number of nitrogens with zero attached hydrogens (tertiary/aromatic N) is 1. The molecule has 0 N–H and O–H groups in total. The number of thiophene rings is 1. The van der Waals surface area contributed by atoms with Crippen molar-refractivity contribution in [3.63, 3.8) is 0 Å². The van der Waals surface area contributed by atoms with Crippen LogP contribution in [0, 0.1) is 5.92 Å². The van der Waals surface area contributed by atoms with Crippen LogP contribution < -0.4 is 0 Å². The van der Waals surface area contributed by atoms with E-state index in [2.05, 4.69) is 22.9 Å². The van der Waals surface area contributed by atoms with Crippen LogP contribution in [0.5, 0.6) is 0 Å². The second-order valence-corrected chi connectivity index (χ2v) is 6.42. The predicted octanol–water partition coefficient (Wildman–Crippen LogP) is 3.38. The summed E-state index contributed by atoms with van der Waals surface area (Å²) in [5.41, 5.74) is 0.793. The molecule has 1 amide bonds. The van der Waals surface area contributed by atoms with E-state index in [9.17, 15) is 4.79 Å². The Morgan fingerprint density at radius 2 is 2.33 bits per heavy atom. The lowest BCUT2D eigenvalue weighted by Crippen LogP contribution is -2.36. The summed E-state index contributed by atoms with van der Waals surface area (Å²) >= 11 is 4.93. The first-order valence-electron chi connectivity index (χ1n) is 5.11. The Hall–Kier alpha value is -0.350. The van der Waals surface area contributed by atoms with Gasteiger partial charge in [-0.15, -0.1) is 11.3 Å². The summed E-state index contributed by atoms with van der Waals surface area (Å²) in [6.07, 6.45) is 2.54. The first-order chi connectivity index (χ1) is 7.09. The van der Waals surface area contributed by atoms with Gasteiger partial charge in [0, 0.05) is 18.5 Å². The lowest BCUT2D eigenvalue weighted by atomic mass is 10.1. The van der Waals surface area contributed by atoms with Crippen LogP contribution in [0.15, 0.2) is 15.2 Å². The van der Waals surface area contributed by atoms with Crippen LogP contribution in [0.1, 0.15) is 30.1 Å². The first kappa shape index (κ1) is 11.1. The third kappa shape index (κ3) is 2.42. The van der Waals surface area contributed by atoms with E-state index in [1.54, 1.807) is 11.3 Å². The monoisotopic (exact) mass is 287 g/mol. The minimum Gasteiger partial charge on any atom is -0.339 e. The SMILES string of the molecule is C[C@H](C1CC1)N(C)C(=O)c1csc(Br)c1. The maximum atomic E-state index is 12.0. The van der Waals surface area contributed by atoms with Gasteiger partial charge in [0.2, 0.25) is 0 Å². The van der Waals surface area contributed by atoms with Crippen LogP contribution >= 0.6 is 27.3 Å². The largest absolute Gasteiger partial charge is 0.339 e. The molecule has 1 aromatic heterocycles. The maximum absolute atomic E-state index is 12.0. The van der Waals surface area contributed by atoms with Gasteiger partial charge < -0.3 is 4.90 Å². The highest BCUT2D eigenvalue weighted by Crippen LogP contribution is 2.35. The molecule has 1 saturated carbocycles. The Kier molecular flexibility index (Phi) is 3.16. The zero-order valence-corrected chi connectivity index (χ0v) is 11.3. The molecule has 0 aliphatic heterocycles. The van der Waals surface area contributed by atoms with Gasteiger partial charge in [0.1, 0.15) is 0 Å². The number of hydrogen-bond acceptors (Lipinski definition) is 2. The smallest absolute Gasteiger partial charge is 0.254 e. The van der Waals surface area contributed by atoms with Crippen LogP contribution in [0.25, 0.3) is 0 Å². The van der Waals surface area contributed by atoms with Gasteiger partial charge >= 0.3 is 0 Å². The zero-order valence-electron chi connectivity index (χ0n) is 8.87. The summed E-state index contributed by atoms with van der Waals surface area (Å²) in [4.78, 5) is 13.9. The minimum atomic E-state index is 0.136. The molecule has 1 fully saturated rings. The molecule has 0 aromatic carbocycles. The van der Waals surface area contributed by atoms with E-state index < -0.39 is 0 Å². The summed E-state index contributed by atoms with van der Waals surface area (Å²) in [6.45, 7) is 2.14. The van der Waals surface area contributed by atoms with Crippen LogP contribution in [0.3, 0.4) is 0 Å². The van der Waals surface area contributed by atoms with Crippen molar-refractivity contribution >= 4 is 33.2 Å². The number of hydrogen-bond donors (Lipinski definition) is 0. The Bertz CT molecular complexity index is 372. The molecule has 1 aliphatic carbocycles. The third-order valence-corrected chi connectivity index (χ3v) is 4.55. The third-order valence-electron chi connectivity index (χ3n) is 3.05. The number of amides is 1. The van der Waals surface area contributed by atoms with Gasteiger partial charge in [-0.2, -0.15) is 0 Å². The van der Waals surface area contributed by atoms with E-state index in [4.69, 9.17) is 0 Å². The molecule has 82 valence electrons. The quantitative estimate of drug-likeness (QED) is 0.835. The van der Waals surface area contributed by atoms with Crippen molar-refractivity contribution in [3.05, 3.63) is 20.8 Å². The summed E-state index contributed by atoms with van der Waals surface area (Å²) < 4.78 is 1.01. The van der Waals surface area contributed by atoms with Gasteiger partial charge in [0.25, 0.3) is 5.91 Å². The molecule has 0 radical (unpaired) electrons. The summed E-state index contributed by atoms with van der Waals surface area (Å²) in [5.74, 6) is 0.859. The Labute approximate surface area is 102 Å². The summed E-state index contributed by atoms with van der Waals surface area (Å²) in [5, 5.41) is 1.91. The molecule has 0 saturated heterocycles. The molecule has 1 aromatic rings. The second-order valence-electron chi connectivity index (χ2n) is 4.13. The van der Waals surface area contributed by atoms with Gasteiger partial charge in [0.05, 0.1) is 9.35 Å². The van der Waals surface area contributed by atoms with Gasteiger partial charge in [-0.1, -0.05) is 0 Å². The van der Waals surface area contributed by atoms with E-state index in [0.29, 0.717) is 6.04 Å². The van der Waals surface area contributed by atoms with E-state index in [1.165, 1.54) is 12.8 Å². The number of carbonyl (C=O) groups is 1. The highest BCUT2D eigenvalue weighted by molar-refractivity contribution is 9.11. The molecular weight excluding hydrogens is 274 g/mol. The normalized spacial score (nSPS) is 17.5. The van der Waals surface area contributed by atoms with Gasteiger partial charge in [-0.3, -0.25) is 4.79 Å². The summed E-state index contributed by atoms with van der Waals surface area (Å²) in [6, 6.07) is 2.26. The molecule has 0 bridgehead atoms. The Morgan fingerprint density at radius 3 is 2.80 bits per heavy atom. The van der Waals surface area contributed by atoms with Crippen LogP contribution in [-0.2, 0) is 0 Å². The molecule has 2 rings (SSSR count). The average Bonchev–Trinajstić information content (AvgIpc) is 2.98. The van der Waals surface area contributed by atoms with Crippen molar-refractivity contribution in [3.8, 4) is 0 Å². The molecule has 0 spiro atoms.